The largest absolute Gasteiger partial charge is 0.463 e. The second-order valence-corrected chi connectivity index (χ2v) is 8.84. The maximum absolute atomic E-state index is 13.6. The van der Waals surface area contributed by atoms with Gasteiger partial charge >= 0.3 is 17.6 Å². The minimum absolute atomic E-state index is 0.0560. The number of hydrogen-bond donors (Lipinski definition) is 1. The number of carbonyl (C=O) groups excluding carboxylic acids is 2. The molecule has 0 amide bonds. The van der Waals surface area contributed by atoms with E-state index < -0.39 is 18.0 Å². The lowest BCUT2D eigenvalue weighted by Gasteiger charge is -2.24. The van der Waals surface area contributed by atoms with Crippen molar-refractivity contribution in [2.45, 2.75) is 26.8 Å². The summed E-state index contributed by atoms with van der Waals surface area (Å²) in [5.41, 5.74) is 1.60. The summed E-state index contributed by atoms with van der Waals surface area (Å²) in [6, 6.07) is 11.8. The first-order valence-electron chi connectivity index (χ1n) is 10.9. The van der Waals surface area contributed by atoms with Crippen molar-refractivity contribution in [3.63, 3.8) is 0 Å². The molecule has 2 heterocycles. The molecule has 0 spiro atoms. The molecule has 1 aliphatic rings. The second kappa shape index (κ2) is 10.1. The molecule has 4 rings (SSSR count). The average molecular weight is 509 g/mol. The van der Waals surface area contributed by atoms with Crippen LogP contribution in [0.4, 0.5) is 5.69 Å². The minimum Gasteiger partial charge on any atom is -0.463 e. The number of carbonyl (C=O) groups is 2. The SMILES string of the molecule is CCOC(=O)C1=C(C)N=c2s/c(=C\c3ccc([N+](=O)O)cc3)c(=O)n2C1c1ccc(OC(C)=O)cc1. The fourth-order valence-electron chi connectivity index (χ4n) is 3.84. The summed E-state index contributed by atoms with van der Waals surface area (Å²) >= 11 is 1.16. The molecule has 0 aliphatic carbocycles. The fraction of sp³-hybridized carbons (Fsp3) is 0.200. The van der Waals surface area contributed by atoms with E-state index in [9.17, 15) is 19.3 Å². The van der Waals surface area contributed by atoms with Gasteiger partial charge in [0.05, 0.1) is 33.4 Å². The highest BCUT2D eigenvalue weighted by Crippen LogP contribution is 2.31. The summed E-state index contributed by atoms with van der Waals surface area (Å²) < 4.78 is 12.2. The van der Waals surface area contributed by atoms with Crippen molar-refractivity contribution in [2.24, 2.45) is 4.99 Å². The minimum atomic E-state index is -0.806. The molecule has 0 bridgehead atoms. The molecular weight excluding hydrogens is 486 g/mol. The number of esters is 2. The highest BCUT2D eigenvalue weighted by Gasteiger charge is 2.33. The Bertz CT molecular complexity index is 1570. The Morgan fingerprint density at radius 3 is 2.42 bits per heavy atom. The molecule has 11 heteroatoms. The van der Waals surface area contributed by atoms with Gasteiger partial charge in [-0.05, 0) is 55.3 Å². The zero-order valence-corrected chi connectivity index (χ0v) is 20.4. The third kappa shape index (κ3) is 4.86. The van der Waals surface area contributed by atoms with E-state index in [2.05, 4.69) is 4.99 Å². The summed E-state index contributed by atoms with van der Waals surface area (Å²) in [6.45, 7) is 4.83. The van der Waals surface area contributed by atoms with Gasteiger partial charge in [-0.15, -0.1) is 0 Å². The Kier molecular flexibility index (Phi) is 6.93. The Morgan fingerprint density at radius 2 is 1.83 bits per heavy atom. The van der Waals surface area contributed by atoms with Crippen molar-refractivity contribution in [1.29, 1.82) is 0 Å². The molecule has 1 aliphatic heterocycles. The van der Waals surface area contributed by atoms with E-state index in [1.54, 1.807) is 56.3 Å². The quantitative estimate of drug-likeness (QED) is 0.308. The number of thiazole rings is 1. The van der Waals surface area contributed by atoms with Gasteiger partial charge in [0.25, 0.3) is 10.5 Å². The molecule has 3 aromatic rings. The first kappa shape index (κ1) is 24.7. The normalized spacial score (nSPS) is 15.2. The van der Waals surface area contributed by atoms with E-state index in [4.69, 9.17) is 14.7 Å². The van der Waals surface area contributed by atoms with Gasteiger partial charge in [-0.1, -0.05) is 23.5 Å². The second-order valence-electron chi connectivity index (χ2n) is 7.83. The van der Waals surface area contributed by atoms with Gasteiger partial charge in [0.1, 0.15) is 5.75 Å². The first-order chi connectivity index (χ1) is 17.2. The van der Waals surface area contributed by atoms with Crippen LogP contribution in [0.3, 0.4) is 0 Å². The Balaban J connectivity index is 1.87. The lowest BCUT2D eigenvalue weighted by Crippen LogP contribution is -2.39. The number of ether oxygens (including phenoxy) is 2. The summed E-state index contributed by atoms with van der Waals surface area (Å²) in [5, 5.41) is 9.03. The van der Waals surface area contributed by atoms with E-state index >= 15 is 0 Å². The van der Waals surface area contributed by atoms with Gasteiger partial charge in [-0.3, -0.25) is 14.2 Å². The van der Waals surface area contributed by atoms with Crippen LogP contribution in [-0.2, 0) is 14.3 Å². The van der Waals surface area contributed by atoms with Crippen LogP contribution in [0.15, 0.2) is 69.6 Å². The first-order valence-corrected chi connectivity index (χ1v) is 11.8. The van der Waals surface area contributed by atoms with Gasteiger partial charge < -0.3 is 9.47 Å². The molecule has 10 nitrogen and oxygen atoms in total. The molecule has 0 fully saturated rings. The standard InChI is InChI=1S/C25H22N3O7S/c1-4-34-24(31)21-14(2)26-25-27(22(21)17-7-11-19(12-8-17)35-15(3)29)23(30)20(36-25)13-16-5-9-18(10-6-16)28(32)33/h5-13,22H,4H2,1-3H3,(H,32,33)/q+1/b20-13-. The molecule has 0 saturated heterocycles. The number of allylic oxidation sites excluding steroid dienone is 1. The Labute approximate surface area is 208 Å². The van der Waals surface area contributed by atoms with Crippen molar-refractivity contribution in [3.8, 4) is 5.75 Å². The predicted molar refractivity (Wildman–Crippen MR) is 130 cm³/mol. The molecule has 0 saturated carbocycles. The topological polar surface area (TPSA) is 127 Å². The van der Waals surface area contributed by atoms with E-state index in [0.29, 0.717) is 31.9 Å². The lowest BCUT2D eigenvalue weighted by molar-refractivity contribution is -0.729. The monoisotopic (exact) mass is 508 g/mol. The van der Waals surface area contributed by atoms with Crippen molar-refractivity contribution >= 4 is 35.0 Å². The van der Waals surface area contributed by atoms with E-state index in [1.807, 2.05) is 0 Å². The molecule has 184 valence electrons. The van der Waals surface area contributed by atoms with Crippen LogP contribution in [0.5, 0.6) is 5.75 Å². The number of hydrogen-bond acceptors (Lipinski definition) is 8. The number of aromatic nitrogens is 1. The molecule has 1 unspecified atom stereocenters. The van der Waals surface area contributed by atoms with Crippen molar-refractivity contribution in [1.82, 2.24) is 4.57 Å². The maximum atomic E-state index is 13.6. The van der Waals surface area contributed by atoms with Crippen molar-refractivity contribution < 1.29 is 29.2 Å². The fourth-order valence-corrected chi connectivity index (χ4v) is 4.89. The molecule has 1 atom stereocenters. The zero-order chi connectivity index (χ0) is 26.0. The zero-order valence-electron chi connectivity index (χ0n) is 19.6. The summed E-state index contributed by atoms with van der Waals surface area (Å²) in [6.07, 6.45) is 1.64. The third-order valence-corrected chi connectivity index (χ3v) is 6.37. The van der Waals surface area contributed by atoms with Crippen LogP contribution in [-0.4, -0.2) is 33.2 Å². The Morgan fingerprint density at radius 1 is 1.17 bits per heavy atom. The van der Waals surface area contributed by atoms with Crippen molar-refractivity contribution in [3.05, 3.63) is 95.5 Å². The molecule has 1 aromatic heterocycles. The van der Waals surface area contributed by atoms with E-state index in [-0.39, 0.29) is 28.3 Å². The lowest BCUT2D eigenvalue weighted by atomic mass is 9.96. The number of rotatable bonds is 6. The van der Waals surface area contributed by atoms with Crippen LogP contribution >= 0.6 is 11.3 Å². The summed E-state index contributed by atoms with van der Waals surface area (Å²) in [5.74, 6) is -0.711. The van der Waals surface area contributed by atoms with Crippen LogP contribution < -0.4 is 19.6 Å². The third-order valence-electron chi connectivity index (χ3n) is 5.39. The molecule has 36 heavy (non-hydrogen) atoms. The molecular formula is C25H22N3O7S+. The van der Waals surface area contributed by atoms with Crippen LogP contribution in [0.2, 0.25) is 0 Å². The average Bonchev–Trinajstić information content (AvgIpc) is 3.13. The van der Waals surface area contributed by atoms with Gasteiger partial charge in [0.15, 0.2) is 4.80 Å². The highest BCUT2D eigenvalue weighted by atomic mass is 32.1. The van der Waals surface area contributed by atoms with E-state index in [0.717, 1.165) is 11.3 Å². The summed E-state index contributed by atoms with van der Waals surface area (Å²) in [7, 11) is 0. The van der Waals surface area contributed by atoms with Gasteiger partial charge in [0, 0.05) is 19.1 Å². The predicted octanol–water partition coefficient (Wildman–Crippen LogP) is 2.52. The Hall–Kier alpha value is -4.38. The summed E-state index contributed by atoms with van der Waals surface area (Å²) in [4.78, 5) is 53.5. The van der Waals surface area contributed by atoms with Gasteiger partial charge in [-0.25, -0.2) is 15.0 Å². The molecule has 0 radical (unpaired) electrons. The van der Waals surface area contributed by atoms with Crippen LogP contribution in [0.1, 0.15) is 37.9 Å². The molecule has 1 N–H and O–H groups in total. The maximum Gasteiger partial charge on any atom is 0.338 e. The van der Waals surface area contributed by atoms with Gasteiger partial charge in [-0.2, -0.15) is 0 Å². The number of benzene rings is 2. The van der Waals surface area contributed by atoms with Crippen LogP contribution in [0.25, 0.3) is 6.08 Å². The highest BCUT2D eigenvalue weighted by molar-refractivity contribution is 7.07. The van der Waals surface area contributed by atoms with Crippen LogP contribution in [0, 0.1) is 4.91 Å². The van der Waals surface area contributed by atoms with Gasteiger partial charge in [0.2, 0.25) is 0 Å². The van der Waals surface area contributed by atoms with Crippen molar-refractivity contribution in [2.75, 3.05) is 6.61 Å². The smallest absolute Gasteiger partial charge is 0.338 e. The number of fused-ring (bicyclic) bond motifs is 1. The van der Waals surface area contributed by atoms with E-state index in [1.165, 1.54) is 23.6 Å². The number of nitrogens with zero attached hydrogens (tertiary/aromatic N) is 3. The molecule has 2 aromatic carbocycles.